The van der Waals surface area contributed by atoms with Crippen LogP contribution in [-0.4, -0.2) is 23.0 Å². The predicted molar refractivity (Wildman–Crippen MR) is 74.0 cm³/mol. The highest BCUT2D eigenvalue weighted by Crippen LogP contribution is 2.55. The van der Waals surface area contributed by atoms with Crippen LogP contribution in [0, 0.1) is 5.41 Å². The number of hydrogen-bond acceptors (Lipinski definition) is 3. The lowest BCUT2D eigenvalue weighted by atomic mass is 9.83. The van der Waals surface area contributed by atoms with E-state index in [0.29, 0.717) is 0 Å². The second-order valence-electron chi connectivity index (χ2n) is 6.35. The van der Waals surface area contributed by atoms with E-state index < -0.39 is 17.6 Å². The van der Waals surface area contributed by atoms with Gasteiger partial charge in [0.1, 0.15) is 5.69 Å². The van der Waals surface area contributed by atoms with Crippen LogP contribution in [0.2, 0.25) is 0 Å². The minimum atomic E-state index is -4.47. The summed E-state index contributed by atoms with van der Waals surface area (Å²) in [7, 11) is 0. The van der Waals surface area contributed by atoms with E-state index in [4.69, 9.17) is 5.73 Å². The molecule has 4 nitrogen and oxygen atoms in total. The van der Waals surface area contributed by atoms with Gasteiger partial charge < -0.3 is 11.1 Å². The lowest BCUT2D eigenvalue weighted by Gasteiger charge is -2.29. The minimum absolute atomic E-state index is 0.0118. The van der Waals surface area contributed by atoms with E-state index >= 15 is 0 Å². The third-order valence-electron chi connectivity index (χ3n) is 4.89. The van der Waals surface area contributed by atoms with Gasteiger partial charge in [0.15, 0.2) is 0 Å². The van der Waals surface area contributed by atoms with Crippen molar-refractivity contribution in [3.63, 3.8) is 0 Å². The third kappa shape index (κ3) is 2.95. The molecule has 3 rings (SSSR count). The van der Waals surface area contributed by atoms with E-state index in [1.165, 1.54) is 0 Å². The predicted octanol–water partition coefficient (Wildman–Crippen LogP) is 2.49. The second kappa shape index (κ2) is 5.22. The molecule has 1 aromatic heterocycles. The number of rotatable bonds is 2. The summed E-state index contributed by atoms with van der Waals surface area (Å²) >= 11 is 0. The number of carbonyl (C=O) groups is 1. The Morgan fingerprint density at radius 1 is 1.36 bits per heavy atom. The average molecular weight is 313 g/mol. The molecular weight excluding hydrogens is 295 g/mol. The number of alkyl halides is 3. The zero-order chi connectivity index (χ0) is 16.0. The largest absolute Gasteiger partial charge is 0.416 e. The van der Waals surface area contributed by atoms with E-state index in [1.54, 1.807) is 0 Å². The topological polar surface area (TPSA) is 68.0 Å². The Balaban J connectivity index is 1.61. The molecule has 1 amide bonds. The van der Waals surface area contributed by atoms with Crippen molar-refractivity contribution in [3.05, 3.63) is 29.6 Å². The number of amides is 1. The number of halogens is 3. The van der Waals surface area contributed by atoms with Crippen molar-refractivity contribution in [2.75, 3.05) is 0 Å². The van der Waals surface area contributed by atoms with Crippen molar-refractivity contribution in [3.8, 4) is 0 Å². The van der Waals surface area contributed by atoms with Crippen molar-refractivity contribution >= 4 is 5.91 Å². The Morgan fingerprint density at radius 3 is 2.55 bits per heavy atom. The summed E-state index contributed by atoms with van der Waals surface area (Å²) in [6.45, 7) is 0. The molecule has 120 valence electrons. The van der Waals surface area contributed by atoms with Gasteiger partial charge >= 0.3 is 6.18 Å². The van der Waals surface area contributed by atoms with Crippen LogP contribution in [0.1, 0.15) is 48.2 Å². The summed E-state index contributed by atoms with van der Waals surface area (Å²) in [6.07, 6.45) is 1.15. The van der Waals surface area contributed by atoms with Crippen LogP contribution < -0.4 is 11.1 Å². The maximum atomic E-state index is 12.6. The Bertz CT molecular complexity index is 580. The zero-order valence-corrected chi connectivity index (χ0v) is 12.0. The fourth-order valence-corrected chi connectivity index (χ4v) is 3.28. The molecule has 0 radical (unpaired) electrons. The van der Waals surface area contributed by atoms with Gasteiger partial charge in [-0.3, -0.25) is 9.78 Å². The molecule has 0 aromatic carbocycles. The first-order valence-corrected chi connectivity index (χ1v) is 7.40. The monoisotopic (exact) mass is 313 g/mol. The van der Waals surface area contributed by atoms with Crippen molar-refractivity contribution in [2.45, 2.75) is 50.4 Å². The number of nitrogens with two attached hydrogens (primary N) is 1. The molecule has 2 saturated carbocycles. The summed E-state index contributed by atoms with van der Waals surface area (Å²) in [5, 5.41) is 2.78. The zero-order valence-electron chi connectivity index (χ0n) is 12.0. The van der Waals surface area contributed by atoms with E-state index in [1.807, 2.05) is 0 Å². The average Bonchev–Trinajstić information content (AvgIpc) is 3.10. The lowest BCUT2D eigenvalue weighted by molar-refractivity contribution is -0.137. The first-order chi connectivity index (χ1) is 10.3. The molecule has 3 N–H and O–H groups in total. The molecule has 1 heterocycles. The highest BCUT2D eigenvalue weighted by atomic mass is 19.4. The van der Waals surface area contributed by atoms with Crippen LogP contribution in [-0.2, 0) is 6.18 Å². The molecular formula is C15H18F3N3O. The Morgan fingerprint density at radius 2 is 2.00 bits per heavy atom. The highest BCUT2D eigenvalue weighted by molar-refractivity contribution is 5.92. The number of aromatic nitrogens is 1. The van der Waals surface area contributed by atoms with Gasteiger partial charge in [0, 0.05) is 18.3 Å². The SMILES string of the molecule is NC1CC12CCC(NC(=O)c1cc(C(F)(F)F)ccn1)CC2. The van der Waals surface area contributed by atoms with Crippen LogP contribution in [0.5, 0.6) is 0 Å². The Kier molecular flexibility index (Phi) is 3.63. The van der Waals surface area contributed by atoms with Crippen LogP contribution in [0.4, 0.5) is 13.2 Å². The number of pyridine rings is 1. The Hall–Kier alpha value is -1.63. The molecule has 2 aliphatic rings. The molecule has 7 heteroatoms. The molecule has 2 fully saturated rings. The molecule has 1 aromatic rings. The smallest absolute Gasteiger partial charge is 0.348 e. The van der Waals surface area contributed by atoms with Crippen LogP contribution in [0.3, 0.4) is 0 Å². The van der Waals surface area contributed by atoms with E-state index in [0.717, 1.165) is 50.4 Å². The molecule has 2 aliphatic carbocycles. The maximum Gasteiger partial charge on any atom is 0.416 e. The first-order valence-electron chi connectivity index (χ1n) is 7.40. The summed E-state index contributed by atoms with van der Waals surface area (Å²) in [6, 6.07) is 1.91. The fraction of sp³-hybridized carbons (Fsp3) is 0.600. The first kappa shape index (κ1) is 15.3. The number of carbonyl (C=O) groups excluding carboxylic acids is 1. The molecule has 22 heavy (non-hydrogen) atoms. The standard InChI is InChI=1S/C15H18F3N3O/c16-15(17,18)9-3-6-20-11(7-9)13(22)21-10-1-4-14(5-2-10)8-12(14)19/h3,6-7,10,12H,1-2,4-5,8,19H2,(H,21,22). The van der Waals surface area contributed by atoms with Gasteiger partial charge in [-0.25, -0.2) is 0 Å². The summed E-state index contributed by atoms with van der Waals surface area (Å²) < 4.78 is 37.9. The van der Waals surface area contributed by atoms with Gasteiger partial charge in [-0.05, 0) is 49.7 Å². The maximum absolute atomic E-state index is 12.6. The third-order valence-corrected chi connectivity index (χ3v) is 4.89. The summed E-state index contributed by atoms with van der Waals surface area (Å²) in [5.41, 5.74) is 5.12. The quantitative estimate of drug-likeness (QED) is 0.881. The van der Waals surface area contributed by atoms with Gasteiger partial charge in [0.2, 0.25) is 0 Å². The summed E-state index contributed by atoms with van der Waals surface area (Å²) in [4.78, 5) is 15.8. The molecule has 0 aliphatic heterocycles. The minimum Gasteiger partial charge on any atom is -0.348 e. The Labute approximate surface area is 126 Å². The van der Waals surface area contributed by atoms with Gasteiger partial charge in [0.05, 0.1) is 5.56 Å². The highest BCUT2D eigenvalue weighted by Gasteiger charge is 2.52. The number of nitrogens with zero attached hydrogens (tertiary/aromatic N) is 1. The second-order valence-corrected chi connectivity index (χ2v) is 6.35. The lowest BCUT2D eigenvalue weighted by Crippen LogP contribution is -2.39. The van der Waals surface area contributed by atoms with E-state index in [2.05, 4.69) is 10.3 Å². The van der Waals surface area contributed by atoms with Crippen molar-refractivity contribution < 1.29 is 18.0 Å². The van der Waals surface area contributed by atoms with Gasteiger partial charge in [-0.15, -0.1) is 0 Å². The fourth-order valence-electron chi connectivity index (χ4n) is 3.28. The van der Waals surface area contributed by atoms with Crippen molar-refractivity contribution in [1.29, 1.82) is 0 Å². The van der Waals surface area contributed by atoms with Crippen molar-refractivity contribution in [1.82, 2.24) is 10.3 Å². The van der Waals surface area contributed by atoms with Crippen LogP contribution in [0.25, 0.3) is 0 Å². The molecule has 0 bridgehead atoms. The molecule has 1 unspecified atom stereocenters. The number of hydrogen-bond donors (Lipinski definition) is 2. The number of nitrogens with one attached hydrogen (secondary N) is 1. The van der Waals surface area contributed by atoms with Gasteiger partial charge in [0.25, 0.3) is 5.91 Å². The molecule has 1 spiro atoms. The van der Waals surface area contributed by atoms with Gasteiger partial charge in [-0.1, -0.05) is 0 Å². The van der Waals surface area contributed by atoms with E-state index in [9.17, 15) is 18.0 Å². The van der Waals surface area contributed by atoms with Gasteiger partial charge in [-0.2, -0.15) is 13.2 Å². The molecule has 0 saturated heterocycles. The van der Waals surface area contributed by atoms with Crippen LogP contribution >= 0.6 is 0 Å². The van der Waals surface area contributed by atoms with Crippen molar-refractivity contribution in [2.24, 2.45) is 11.1 Å². The van der Waals surface area contributed by atoms with E-state index in [-0.39, 0.29) is 23.2 Å². The summed E-state index contributed by atoms with van der Waals surface area (Å²) in [5.74, 6) is -0.549. The van der Waals surface area contributed by atoms with Crippen LogP contribution in [0.15, 0.2) is 18.3 Å². The normalized spacial score (nSPS) is 31.1. The molecule has 1 atom stereocenters.